The molecule has 7 heteroatoms. The summed E-state index contributed by atoms with van der Waals surface area (Å²) in [6, 6.07) is 13.6. The van der Waals surface area contributed by atoms with E-state index in [4.69, 9.17) is 4.74 Å². The molecule has 2 aromatic heterocycles. The van der Waals surface area contributed by atoms with Gasteiger partial charge in [-0.3, -0.25) is 4.98 Å². The fourth-order valence-corrected chi connectivity index (χ4v) is 2.43. The van der Waals surface area contributed by atoms with Gasteiger partial charge in [0.1, 0.15) is 0 Å². The van der Waals surface area contributed by atoms with Gasteiger partial charge in [-0.1, -0.05) is 30.3 Å². The van der Waals surface area contributed by atoms with Gasteiger partial charge in [-0.2, -0.15) is 15.0 Å². The van der Waals surface area contributed by atoms with Crippen LogP contribution in [0.3, 0.4) is 0 Å². The van der Waals surface area contributed by atoms with E-state index < -0.39 is 0 Å². The van der Waals surface area contributed by atoms with Crippen LogP contribution in [-0.4, -0.2) is 39.7 Å². The zero-order valence-electron chi connectivity index (χ0n) is 13.6. The molecule has 0 atom stereocenters. The topological polar surface area (TPSA) is 84.9 Å². The summed E-state index contributed by atoms with van der Waals surface area (Å²) in [5, 5.41) is 6.49. The molecule has 1 saturated heterocycles. The summed E-state index contributed by atoms with van der Waals surface area (Å²) in [7, 11) is 0. The molecule has 0 aliphatic carbocycles. The second-order valence-electron chi connectivity index (χ2n) is 5.82. The summed E-state index contributed by atoms with van der Waals surface area (Å²) in [6.07, 6.45) is 3.44. The molecule has 2 N–H and O–H groups in total. The molecular weight excluding hydrogens is 316 g/mol. The highest BCUT2D eigenvalue weighted by Crippen LogP contribution is 2.20. The van der Waals surface area contributed by atoms with Crippen molar-refractivity contribution in [1.29, 1.82) is 0 Å². The molecule has 0 bridgehead atoms. The minimum atomic E-state index is 0.493. The lowest BCUT2D eigenvalue weighted by Crippen LogP contribution is -2.33. The first-order valence-electron chi connectivity index (χ1n) is 8.17. The highest BCUT2D eigenvalue weighted by Gasteiger charge is 2.18. The maximum atomic E-state index is 5.21. The zero-order chi connectivity index (χ0) is 16.9. The van der Waals surface area contributed by atoms with Gasteiger partial charge >= 0.3 is 0 Å². The largest absolute Gasteiger partial charge is 0.381 e. The van der Waals surface area contributed by atoms with Crippen LogP contribution in [0.2, 0.25) is 0 Å². The summed E-state index contributed by atoms with van der Waals surface area (Å²) in [4.78, 5) is 17.6. The third kappa shape index (κ3) is 3.89. The number of hydrogen-bond acceptors (Lipinski definition) is 7. The van der Waals surface area contributed by atoms with E-state index in [-0.39, 0.29) is 0 Å². The second kappa shape index (κ2) is 7.23. The lowest BCUT2D eigenvalue weighted by molar-refractivity contribution is -0.0249. The first kappa shape index (κ1) is 15.5. The Morgan fingerprint density at radius 1 is 0.920 bits per heavy atom. The van der Waals surface area contributed by atoms with E-state index in [9.17, 15) is 0 Å². The van der Waals surface area contributed by atoms with Crippen LogP contribution in [0, 0.1) is 5.92 Å². The van der Waals surface area contributed by atoms with Crippen molar-refractivity contribution >= 4 is 17.6 Å². The van der Waals surface area contributed by atoms with Crippen molar-refractivity contribution in [1.82, 2.24) is 19.9 Å². The van der Waals surface area contributed by atoms with Crippen LogP contribution >= 0.6 is 0 Å². The van der Waals surface area contributed by atoms with Crippen molar-refractivity contribution in [2.45, 2.75) is 0 Å². The smallest absolute Gasteiger partial charge is 0.232 e. The van der Waals surface area contributed by atoms with Gasteiger partial charge in [-0.05, 0) is 12.1 Å². The van der Waals surface area contributed by atoms with Crippen LogP contribution in [0.5, 0.6) is 0 Å². The Bertz CT molecular complexity index is 823. The molecule has 1 aliphatic rings. The third-order valence-electron chi connectivity index (χ3n) is 3.86. The van der Waals surface area contributed by atoms with Gasteiger partial charge in [-0.25, -0.2) is 0 Å². The molecule has 4 rings (SSSR count). The first-order valence-corrected chi connectivity index (χ1v) is 8.17. The maximum absolute atomic E-state index is 5.21. The lowest BCUT2D eigenvalue weighted by atomic mass is 10.1. The number of benzene rings is 1. The van der Waals surface area contributed by atoms with Crippen LogP contribution in [0.25, 0.3) is 11.4 Å². The van der Waals surface area contributed by atoms with E-state index in [1.807, 2.05) is 42.5 Å². The van der Waals surface area contributed by atoms with Crippen LogP contribution in [-0.2, 0) is 4.74 Å². The number of nitrogens with one attached hydrogen (secondary N) is 2. The average molecular weight is 334 g/mol. The lowest BCUT2D eigenvalue weighted by Gasteiger charge is -2.25. The van der Waals surface area contributed by atoms with E-state index in [1.54, 1.807) is 12.4 Å². The average Bonchev–Trinajstić information content (AvgIpc) is 2.62. The Balaban J connectivity index is 1.62. The molecule has 7 nitrogen and oxygen atoms in total. The SMILES string of the molecule is c1ccc(-c2nc(NCC3COC3)nc(Nc3ccncc3)n2)cc1. The molecular formula is C18H18N6O. The van der Waals surface area contributed by atoms with E-state index in [1.165, 1.54) is 0 Å². The van der Waals surface area contributed by atoms with E-state index in [0.717, 1.165) is 31.0 Å². The molecule has 0 unspecified atom stereocenters. The number of ether oxygens (including phenoxy) is 1. The Hall–Kier alpha value is -3.06. The number of nitrogens with zero attached hydrogens (tertiary/aromatic N) is 4. The van der Waals surface area contributed by atoms with Crippen LogP contribution < -0.4 is 10.6 Å². The highest BCUT2D eigenvalue weighted by atomic mass is 16.5. The van der Waals surface area contributed by atoms with Gasteiger partial charge < -0.3 is 15.4 Å². The standard InChI is InChI=1S/C18H18N6O/c1-2-4-14(5-3-1)16-22-17(20-10-13-11-25-12-13)24-18(23-16)21-15-6-8-19-9-7-15/h1-9,13H,10-12H2,(H2,19,20,21,22,23,24). The number of anilines is 3. The van der Waals surface area contributed by atoms with Crippen molar-refractivity contribution in [3.63, 3.8) is 0 Å². The molecule has 1 aliphatic heterocycles. The molecule has 0 amide bonds. The second-order valence-corrected chi connectivity index (χ2v) is 5.82. The Morgan fingerprint density at radius 2 is 1.68 bits per heavy atom. The van der Waals surface area contributed by atoms with Crippen LogP contribution in [0.1, 0.15) is 0 Å². The molecule has 0 saturated carbocycles. The normalized spacial score (nSPS) is 13.9. The fraction of sp³-hybridized carbons (Fsp3) is 0.222. The Morgan fingerprint density at radius 3 is 2.40 bits per heavy atom. The van der Waals surface area contributed by atoms with E-state index in [0.29, 0.717) is 23.6 Å². The summed E-state index contributed by atoms with van der Waals surface area (Å²) < 4.78 is 5.21. The number of pyridine rings is 1. The fourth-order valence-electron chi connectivity index (χ4n) is 2.43. The van der Waals surface area contributed by atoms with Gasteiger partial charge in [0, 0.05) is 36.1 Å². The quantitative estimate of drug-likeness (QED) is 0.717. The van der Waals surface area contributed by atoms with Gasteiger partial charge in [0.15, 0.2) is 5.82 Å². The number of aromatic nitrogens is 4. The van der Waals surface area contributed by atoms with Crippen molar-refractivity contribution in [2.75, 3.05) is 30.4 Å². The first-order chi connectivity index (χ1) is 12.4. The molecule has 3 aromatic rings. The van der Waals surface area contributed by atoms with Crippen LogP contribution in [0.4, 0.5) is 17.6 Å². The third-order valence-corrected chi connectivity index (χ3v) is 3.86. The Kier molecular flexibility index (Phi) is 4.47. The van der Waals surface area contributed by atoms with Crippen molar-refractivity contribution < 1.29 is 4.74 Å². The summed E-state index contributed by atoms with van der Waals surface area (Å²) >= 11 is 0. The van der Waals surface area contributed by atoms with Crippen molar-refractivity contribution in [2.24, 2.45) is 5.92 Å². The molecule has 1 fully saturated rings. The summed E-state index contributed by atoms with van der Waals surface area (Å²) in [5.74, 6) is 2.18. The van der Waals surface area contributed by atoms with Crippen molar-refractivity contribution in [3.05, 3.63) is 54.9 Å². The number of rotatable bonds is 6. The molecule has 25 heavy (non-hydrogen) atoms. The monoisotopic (exact) mass is 334 g/mol. The van der Waals surface area contributed by atoms with Gasteiger partial charge in [0.25, 0.3) is 0 Å². The number of hydrogen-bond donors (Lipinski definition) is 2. The predicted octanol–water partition coefficient (Wildman–Crippen LogP) is 2.74. The van der Waals surface area contributed by atoms with Gasteiger partial charge in [0.2, 0.25) is 11.9 Å². The molecule has 0 spiro atoms. The maximum Gasteiger partial charge on any atom is 0.232 e. The zero-order valence-corrected chi connectivity index (χ0v) is 13.6. The van der Waals surface area contributed by atoms with E-state index >= 15 is 0 Å². The highest BCUT2D eigenvalue weighted by molar-refractivity contribution is 5.60. The molecule has 3 heterocycles. The Labute approximate surface area is 145 Å². The predicted molar refractivity (Wildman–Crippen MR) is 95.6 cm³/mol. The molecule has 126 valence electrons. The van der Waals surface area contributed by atoms with E-state index in [2.05, 4.69) is 30.6 Å². The molecule has 0 radical (unpaired) electrons. The minimum absolute atomic E-state index is 0.493. The summed E-state index contributed by atoms with van der Waals surface area (Å²) in [5.41, 5.74) is 1.82. The minimum Gasteiger partial charge on any atom is -0.381 e. The van der Waals surface area contributed by atoms with Gasteiger partial charge in [0.05, 0.1) is 13.2 Å². The molecule has 1 aromatic carbocycles. The van der Waals surface area contributed by atoms with Gasteiger partial charge in [-0.15, -0.1) is 0 Å². The van der Waals surface area contributed by atoms with Crippen LogP contribution in [0.15, 0.2) is 54.9 Å². The van der Waals surface area contributed by atoms with Crippen molar-refractivity contribution in [3.8, 4) is 11.4 Å². The summed E-state index contributed by atoms with van der Waals surface area (Å²) in [6.45, 7) is 2.35.